The Morgan fingerprint density at radius 2 is 2.15 bits per heavy atom. The summed E-state index contributed by atoms with van der Waals surface area (Å²) in [5.41, 5.74) is 0.754. The number of nitrogens with zero attached hydrogens (tertiary/aromatic N) is 1. The number of hydrogen-bond acceptors (Lipinski definition) is 4. The number of fused-ring (bicyclic) bond motifs is 1. The van der Waals surface area contributed by atoms with E-state index < -0.39 is 0 Å². The molecule has 108 valence electrons. The third-order valence-corrected chi connectivity index (χ3v) is 3.48. The molecular weight excluding hydrogens is 254 g/mol. The van der Waals surface area contributed by atoms with Crippen LogP contribution in [0.4, 0.5) is 0 Å². The van der Waals surface area contributed by atoms with E-state index in [1.54, 1.807) is 7.11 Å². The number of benzene rings is 1. The fourth-order valence-electron chi connectivity index (χ4n) is 2.31. The number of para-hydroxylation sites is 1. The number of likely N-dealkylation sites (N-methyl/N-ethyl adjacent to an activating group) is 1. The zero-order valence-electron chi connectivity index (χ0n) is 12.3. The molecule has 0 aliphatic carbocycles. The highest BCUT2D eigenvalue weighted by molar-refractivity contribution is 5.98. The molecule has 1 atom stereocenters. The van der Waals surface area contributed by atoms with Crippen molar-refractivity contribution in [2.45, 2.75) is 19.9 Å². The van der Waals surface area contributed by atoms with Crippen molar-refractivity contribution in [3.05, 3.63) is 36.1 Å². The van der Waals surface area contributed by atoms with Gasteiger partial charge in [0.15, 0.2) is 5.76 Å². The summed E-state index contributed by atoms with van der Waals surface area (Å²) in [4.78, 5) is 14.4. The average molecular weight is 275 g/mol. The van der Waals surface area contributed by atoms with Gasteiger partial charge in [-0.3, -0.25) is 9.69 Å². The molecule has 0 radical (unpaired) electrons. The molecule has 0 saturated heterocycles. The van der Waals surface area contributed by atoms with Crippen LogP contribution < -0.4 is 0 Å². The van der Waals surface area contributed by atoms with E-state index in [1.807, 2.05) is 37.3 Å². The Morgan fingerprint density at radius 3 is 2.80 bits per heavy atom. The van der Waals surface area contributed by atoms with Gasteiger partial charge in [-0.05, 0) is 25.6 Å². The second kappa shape index (κ2) is 6.68. The lowest BCUT2D eigenvalue weighted by Gasteiger charge is -2.25. The Balaban J connectivity index is 2.10. The number of rotatable bonds is 7. The smallest absolute Gasteiger partial charge is 0.211 e. The molecule has 1 aromatic carbocycles. The molecule has 0 amide bonds. The van der Waals surface area contributed by atoms with Crippen molar-refractivity contribution in [2.75, 3.05) is 26.8 Å². The van der Waals surface area contributed by atoms with Crippen LogP contribution >= 0.6 is 0 Å². The van der Waals surface area contributed by atoms with Crippen LogP contribution in [0.15, 0.2) is 34.7 Å². The van der Waals surface area contributed by atoms with Crippen LogP contribution in [0.25, 0.3) is 11.0 Å². The summed E-state index contributed by atoms with van der Waals surface area (Å²) in [6.07, 6.45) is 0. The van der Waals surface area contributed by atoms with Gasteiger partial charge < -0.3 is 9.15 Å². The van der Waals surface area contributed by atoms with Crippen molar-refractivity contribution in [2.24, 2.45) is 0 Å². The van der Waals surface area contributed by atoms with Crippen LogP contribution in [-0.2, 0) is 4.74 Å². The van der Waals surface area contributed by atoms with E-state index in [0.29, 0.717) is 18.9 Å². The third kappa shape index (κ3) is 3.26. The Morgan fingerprint density at radius 1 is 1.40 bits per heavy atom. The number of furan rings is 1. The molecule has 2 aromatic rings. The van der Waals surface area contributed by atoms with E-state index >= 15 is 0 Å². The van der Waals surface area contributed by atoms with Gasteiger partial charge in [-0.1, -0.05) is 25.1 Å². The molecule has 20 heavy (non-hydrogen) atoms. The molecule has 0 bridgehead atoms. The number of ketones is 1. The second-order valence-corrected chi connectivity index (χ2v) is 4.94. The maximum atomic E-state index is 12.3. The highest BCUT2D eigenvalue weighted by Gasteiger charge is 2.19. The fraction of sp³-hybridized carbons (Fsp3) is 0.438. The average Bonchev–Trinajstić information content (AvgIpc) is 2.88. The summed E-state index contributed by atoms with van der Waals surface area (Å²) in [7, 11) is 1.67. The largest absolute Gasteiger partial charge is 0.453 e. The quantitative estimate of drug-likeness (QED) is 0.729. The predicted octanol–water partition coefficient (Wildman–Crippen LogP) is 2.97. The lowest BCUT2D eigenvalue weighted by Crippen LogP contribution is -2.39. The SMILES string of the molecule is CCN(CC(=O)c1cc2ccccc2o1)C(C)COC. The zero-order chi connectivity index (χ0) is 14.5. The summed E-state index contributed by atoms with van der Waals surface area (Å²) in [5.74, 6) is 0.431. The lowest BCUT2D eigenvalue weighted by atomic mass is 10.2. The van der Waals surface area contributed by atoms with Gasteiger partial charge in [0.05, 0.1) is 13.2 Å². The van der Waals surface area contributed by atoms with Crippen LogP contribution in [0.2, 0.25) is 0 Å². The van der Waals surface area contributed by atoms with Crippen molar-refractivity contribution >= 4 is 16.8 Å². The molecule has 4 heteroatoms. The van der Waals surface area contributed by atoms with Gasteiger partial charge in [-0.25, -0.2) is 0 Å². The normalized spacial score (nSPS) is 13.0. The van der Waals surface area contributed by atoms with E-state index in [4.69, 9.17) is 9.15 Å². The first-order valence-electron chi connectivity index (χ1n) is 6.90. The molecule has 4 nitrogen and oxygen atoms in total. The molecule has 1 aromatic heterocycles. The summed E-state index contributed by atoms with van der Waals surface area (Å²) in [6, 6.07) is 9.67. The fourth-order valence-corrected chi connectivity index (χ4v) is 2.31. The van der Waals surface area contributed by atoms with E-state index in [2.05, 4.69) is 11.8 Å². The molecule has 0 aliphatic heterocycles. The third-order valence-electron chi connectivity index (χ3n) is 3.48. The van der Waals surface area contributed by atoms with E-state index in [-0.39, 0.29) is 11.8 Å². The minimum absolute atomic E-state index is 0.00556. The first-order chi connectivity index (χ1) is 9.65. The molecule has 0 N–H and O–H groups in total. The van der Waals surface area contributed by atoms with Crippen LogP contribution in [0.1, 0.15) is 24.4 Å². The van der Waals surface area contributed by atoms with E-state index in [9.17, 15) is 4.79 Å². The maximum Gasteiger partial charge on any atom is 0.211 e. The van der Waals surface area contributed by atoms with Crippen LogP contribution in [0.3, 0.4) is 0 Å². The van der Waals surface area contributed by atoms with Crippen molar-refractivity contribution in [1.82, 2.24) is 4.90 Å². The highest BCUT2D eigenvalue weighted by Crippen LogP contribution is 2.19. The number of ether oxygens (including phenoxy) is 1. The van der Waals surface area contributed by atoms with Gasteiger partial charge >= 0.3 is 0 Å². The number of Topliss-reactive ketones (excluding diaryl/α,β-unsaturated/α-hetero) is 1. The molecule has 2 rings (SSSR count). The van der Waals surface area contributed by atoms with Crippen molar-refractivity contribution in [3.8, 4) is 0 Å². The standard InChI is InChI=1S/C16H21NO3/c1-4-17(12(2)11-19-3)10-14(18)16-9-13-7-5-6-8-15(13)20-16/h5-9,12H,4,10-11H2,1-3H3. The van der Waals surface area contributed by atoms with Gasteiger partial charge in [0.1, 0.15) is 5.58 Å². The van der Waals surface area contributed by atoms with Crippen molar-refractivity contribution in [1.29, 1.82) is 0 Å². The van der Waals surface area contributed by atoms with E-state index in [0.717, 1.165) is 17.5 Å². The summed E-state index contributed by atoms with van der Waals surface area (Å²) >= 11 is 0. The minimum atomic E-state index is 0.00556. The summed E-state index contributed by atoms with van der Waals surface area (Å²) < 4.78 is 10.8. The first kappa shape index (κ1) is 14.8. The highest BCUT2D eigenvalue weighted by atomic mass is 16.5. The molecule has 1 heterocycles. The van der Waals surface area contributed by atoms with Gasteiger partial charge in [0.25, 0.3) is 0 Å². The molecule has 1 unspecified atom stereocenters. The Kier molecular flexibility index (Phi) is 4.93. The predicted molar refractivity (Wildman–Crippen MR) is 79.1 cm³/mol. The molecule has 0 aliphatic rings. The Labute approximate surface area is 119 Å². The molecule has 0 spiro atoms. The number of methoxy groups -OCH3 is 1. The molecular formula is C16H21NO3. The van der Waals surface area contributed by atoms with Gasteiger partial charge in [0.2, 0.25) is 5.78 Å². The van der Waals surface area contributed by atoms with Crippen LogP contribution in [0, 0.1) is 0 Å². The summed E-state index contributed by atoms with van der Waals surface area (Å²) in [6.45, 7) is 5.86. The van der Waals surface area contributed by atoms with Gasteiger partial charge in [-0.2, -0.15) is 0 Å². The lowest BCUT2D eigenvalue weighted by molar-refractivity contribution is 0.0768. The minimum Gasteiger partial charge on any atom is -0.453 e. The van der Waals surface area contributed by atoms with E-state index in [1.165, 1.54) is 0 Å². The van der Waals surface area contributed by atoms with Crippen LogP contribution in [0.5, 0.6) is 0 Å². The number of hydrogen-bond donors (Lipinski definition) is 0. The van der Waals surface area contributed by atoms with Gasteiger partial charge in [0, 0.05) is 18.5 Å². The maximum absolute atomic E-state index is 12.3. The first-order valence-corrected chi connectivity index (χ1v) is 6.90. The molecule has 0 fully saturated rings. The van der Waals surface area contributed by atoms with Crippen LogP contribution in [-0.4, -0.2) is 43.5 Å². The van der Waals surface area contributed by atoms with Gasteiger partial charge in [-0.15, -0.1) is 0 Å². The number of carbonyl (C=O) groups excluding carboxylic acids is 1. The van der Waals surface area contributed by atoms with Crippen molar-refractivity contribution < 1.29 is 13.9 Å². The zero-order valence-corrected chi connectivity index (χ0v) is 12.3. The number of carbonyl (C=O) groups is 1. The molecule has 0 saturated carbocycles. The summed E-state index contributed by atoms with van der Waals surface area (Å²) in [5, 5.41) is 0.962. The Bertz CT molecular complexity index is 543. The Hall–Kier alpha value is -1.65. The topological polar surface area (TPSA) is 42.7 Å². The monoisotopic (exact) mass is 275 g/mol. The van der Waals surface area contributed by atoms with Crippen molar-refractivity contribution in [3.63, 3.8) is 0 Å². The second-order valence-electron chi connectivity index (χ2n) is 4.94.